The Bertz CT molecular complexity index is 1130. The van der Waals surface area contributed by atoms with Crippen LogP contribution in [0.5, 0.6) is 0 Å². The van der Waals surface area contributed by atoms with Crippen molar-refractivity contribution in [2.75, 3.05) is 13.2 Å². The molecular weight excluding hydrogens is 584 g/mol. The first kappa shape index (κ1) is 33.7. The molecule has 1 N–H and O–H groups in total. The van der Waals surface area contributed by atoms with Gasteiger partial charge >= 0.3 is 23.9 Å². The molecule has 2 aliphatic carbocycles. The topological polar surface area (TPSA) is 147 Å². The molecule has 1 unspecified atom stereocenters. The first-order valence-electron chi connectivity index (χ1n) is 15.0. The molecule has 4 rings (SSSR count). The predicted octanol–water partition coefficient (Wildman–Crippen LogP) is 3.26. The summed E-state index contributed by atoms with van der Waals surface area (Å²) in [6.07, 6.45) is -3.92. The highest BCUT2D eigenvalue weighted by Crippen LogP contribution is 2.63. The van der Waals surface area contributed by atoms with Crippen molar-refractivity contribution in [2.24, 2.45) is 23.2 Å². The van der Waals surface area contributed by atoms with Crippen LogP contribution in [0.4, 0.5) is 0 Å². The molecule has 242 valence electrons. The highest BCUT2D eigenvalue weighted by Gasteiger charge is 2.78. The molecule has 0 aromatic carbocycles. The minimum absolute atomic E-state index is 0.165. The molecule has 11 atom stereocenters. The zero-order chi connectivity index (χ0) is 32.1. The molecule has 0 radical (unpaired) electrons. The van der Waals surface area contributed by atoms with E-state index in [1.54, 1.807) is 6.92 Å². The number of halogens is 1. The Labute approximate surface area is 257 Å². The summed E-state index contributed by atoms with van der Waals surface area (Å²) in [5, 5.41) is 11.6. The number of esters is 4. The highest BCUT2D eigenvalue weighted by atomic mass is 35.5. The lowest BCUT2D eigenvalue weighted by molar-refractivity contribution is -0.261. The van der Waals surface area contributed by atoms with E-state index >= 15 is 0 Å². The van der Waals surface area contributed by atoms with Gasteiger partial charge in [0.2, 0.25) is 0 Å². The second-order valence-electron chi connectivity index (χ2n) is 13.2. The number of aliphatic hydroxyl groups is 1. The smallest absolute Gasteiger partial charge is 0.312 e. The van der Waals surface area contributed by atoms with Crippen LogP contribution in [0.1, 0.15) is 74.1 Å². The lowest BCUT2D eigenvalue weighted by Crippen LogP contribution is -2.72. The molecule has 0 aromatic heterocycles. The Morgan fingerprint density at radius 2 is 1.65 bits per heavy atom. The molecule has 4 fully saturated rings. The first-order chi connectivity index (χ1) is 20.0. The molecule has 0 amide bonds. The van der Waals surface area contributed by atoms with E-state index in [4.69, 9.17) is 40.0 Å². The van der Waals surface area contributed by atoms with Gasteiger partial charge in [-0.1, -0.05) is 32.9 Å². The van der Waals surface area contributed by atoms with Gasteiger partial charge in [0.25, 0.3) is 0 Å². The Balaban J connectivity index is 2.01. The minimum Gasteiger partial charge on any atom is -0.462 e. The average molecular weight is 629 g/mol. The van der Waals surface area contributed by atoms with Crippen LogP contribution in [0.2, 0.25) is 0 Å². The van der Waals surface area contributed by atoms with Crippen LogP contribution in [-0.2, 0) is 47.6 Å². The standard InChI is InChI=1S/C31H45ClO11/c1-15(2)11-12-38-23-13-22(41-19(6)34)29(8)21(40-18(5)33)10-9-16(3)24(32)26-31(37,17(4)28(36)43-26)27(42-20(7)35)25(29)30(23)14-39-30/h15,17,21-27,37H,3,9-14H2,1-2,4-8H3/t17-,21-,22-,23+,24-,25+,26-,27?,29-,30+,31+/m0/s1. The molecule has 2 saturated heterocycles. The van der Waals surface area contributed by atoms with Gasteiger partial charge in [-0.15, -0.1) is 11.6 Å². The zero-order valence-corrected chi connectivity index (χ0v) is 26.8. The number of fused-ring (bicyclic) bond motifs is 3. The molecule has 12 heteroatoms. The molecular formula is C31H45ClO11. The largest absolute Gasteiger partial charge is 0.462 e. The van der Waals surface area contributed by atoms with E-state index < -0.39 is 88.2 Å². The summed E-state index contributed by atoms with van der Waals surface area (Å²) in [7, 11) is 0. The van der Waals surface area contributed by atoms with Crippen LogP contribution in [0, 0.1) is 23.2 Å². The minimum atomic E-state index is -2.16. The van der Waals surface area contributed by atoms with Crippen LogP contribution >= 0.6 is 11.6 Å². The number of carbonyl (C=O) groups is 4. The van der Waals surface area contributed by atoms with Gasteiger partial charge in [0.1, 0.15) is 23.9 Å². The summed E-state index contributed by atoms with van der Waals surface area (Å²) in [6.45, 7) is 15.8. The molecule has 2 heterocycles. The van der Waals surface area contributed by atoms with Crippen molar-refractivity contribution in [1.29, 1.82) is 0 Å². The van der Waals surface area contributed by atoms with Crippen molar-refractivity contribution in [3.05, 3.63) is 12.2 Å². The maximum absolute atomic E-state index is 13.1. The molecule has 2 aliphatic heterocycles. The predicted molar refractivity (Wildman–Crippen MR) is 153 cm³/mol. The van der Waals surface area contributed by atoms with Gasteiger partial charge in [-0.3, -0.25) is 19.2 Å². The molecule has 0 bridgehead atoms. The van der Waals surface area contributed by atoms with E-state index in [0.717, 1.165) is 6.42 Å². The van der Waals surface area contributed by atoms with Gasteiger partial charge in [-0.25, -0.2) is 0 Å². The van der Waals surface area contributed by atoms with Gasteiger partial charge in [-0.2, -0.15) is 0 Å². The van der Waals surface area contributed by atoms with E-state index in [2.05, 4.69) is 20.4 Å². The Morgan fingerprint density at radius 3 is 2.19 bits per heavy atom. The van der Waals surface area contributed by atoms with Crippen molar-refractivity contribution < 1.29 is 52.7 Å². The second kappa shape index (κ2) is 12.3. The van der Waals surface area contributed by atoms with Gasteiger partial charge < -0.3 is 33.5 Å². The third-order valence-corrected chi connectivity index (χ3v) is 10.4. The molecule has 0 aromatic rings. The van der Waals surface area contributed by atoms with E-state index in [9.17, 15) is 24.3 Å². The molecule has 4 aliphatic rings. The van der Waals surface area contributed by atoms with Gasteiger partial charge in [-0.05, 0) is 32.1 Å². The summed E-state index contributed by atoms with van der Waals surface area (Å²) < 4.78 is 36.3. The molecule has 43 heavy (non-hydrogen) atoms. The number of hydrogen-bond donors (Lipinski definition) is 1. The van der Waals surface area contributed by atoms with Crippen LogP contribution < -0.4 is 0 Å². The van der Waals surface area contributed by atoms with E-state index in [1.165, 1.54) is 27.7 Å². The molecule has 1 spiro atoms. The van der Waals surface area contributed by atoms with Crippen molar-refractivity contribution in [3.63, 3.8) is 0 Å². The maximum Gasteiger partial charge on any atom is 0.312 e. The van der Waals surface area contributed by atoms with Crippen LogP contribution in [0.25, 0.3) is 0 Å². The Morgan fingerprint density at radius 1 is 1.07 bits per heavy atom. The van der Waals surface area contributed by atoms with E-state index in [1.807, 2.05) is 0 Å². The summed E-state index contributed by atoms with van der Waals surface area (Å²) >= 11 is 6.86. The van der Waals surface area contributed by atoms with Crippen LogP contribution in [-0.4, -0.2) is 89.3 Å². The number of rotatable bonds is 7. The zero-order valence-electron chi connectivity index (χ0n) is 26.1. The fourth-order valence-electron chi connectivity index (χ4n) is 7.48. The van der Waals surface area contributed by atoms with Crippen molar-refractivity contribution in [1.82, 2.24) is 0 Å². The van der Waals surface area contributed by atoms with Gasteiger partial charge in [0.05, 0.1) is 29.4 Å². The number of hydrogen-bond acceptors (Lipinski definition) is 11. The summed E-state index contributed by atoms with van der Waals surface area (Å²) in [5.41, 5.74) is -4.19. The summed E-state index contributed by atoms with van der Waals surface area (Å²) in [5.74, 6) is -4.44. The van der Waals surface area contributed by atoms with Gasteiger partial charge in [0, 0.05) is 39.7 Å². The van der Waals surface area contributed by atoms with Crippen molar-refractivity contribution in [2.45, 2.75) is 121 Å². The third-order valence-electron chi connectivity index (χ3n) is 9.85. The monoisotopic (exact) mass is 628 g/mol. The van der Waals surface area contributed by atoms with Gasteiger partial charge in [0.15, 0.2) is 11.7 Å². The first-order valence-corrected chi connectivity index (χ1v) is 15.5. The summed E-state index contributed by atoms with van der Waals surface area (Å²) in [4.78, 5) is 51.1. The van der Waals surface area contributed by atoms with Crippen molar-refractivity contribution >= 4 is 35.5 Å². The lowest BCUT2D eigenvalue weighted by Gasteiger charge is -2.58. The average Bonchev–Trinajstić information content (AvgIpc) is 3.65. The quantitative estimate of drug-likeness (QED) is 0.146. The van der Waals surface area contributed by atoms with Crippen molar-refractivity contribution in [3.8, 4) is 0 Å². The normalized spacial score (nSPS) is 42.5. The fourth-order valence-corrected chi connectivity index (χ4v) is 7.84. The fraction of sp³-hybridized carbons (Fsp3) is 0.806. The number of ether oxygens (including phenoxy) is 6. The Hall–Kier alpha value is -2.21. The maximum atomic E-state index is 13.1. The third kappa shape index (κ3) is 5.94. The Kier molecular flexibility index (Phi) is 9.63. The summed E-state index contributed by atoms with van der Waals surface area (Å²) in [6, 6.07) is 0. The van der Waals surface area contributed by atoms with E-state index in [0.29, 0.717) is 18.1 Å². The van der Waals surface area contributed by atoms with Crippen LogP contribution in [0.3, 0.4) is 0 Å². The molecule has 11 nitrogen and oxygen atoms in total. The SMILES string of the molecule is C=C1CC[C@H](OC(C)=O)[C@@]2(C)[C@@H](OC(C)=O)C[C@@H](OCCC(C)C)[C@]3(CO3)[C@@H]2C(OC(C)=O)[C@@]2(O)[C@@H](C)C(=O)O[C@H]2[C@H]1Cl. The number of carbonyl (C=O) groups excluding carboxylic acids is 4. The van der Waals surface area contributed by atoms with Crippen LogP contribution in [0.15, 0.2) is 12.2 Å². The molecule has 2 saturated carbocycles. The van der Waals surface area contributed by atoms with E-state index in [-0.39, 0.29) is 25.9 Å². The lowest BCUT2D eigenvalue weighted by atomic mass is 9.51. The number of alkyl halides is 1. The number of epoxide rings is 1. The second-order valence-corrected chi connectivity index (χ2v) is 13.6. The highest BCUT2D eigenvalue weighted by molar-refractivity contribution is 6.23.